The maximum Gasteiger partial charge on any atom is 0.161 e. The highest BCUT2D eigenvalue weighted by atomic mass is 16.5. The van der Waals surface area contributed by atoms with Crippen LogP contribution in [0.4, 0.5) is 0 Å². The molecule has 0 fully saturated rings. The fourth-order valence-corrected chi connectivity index (χ4v) is 2.63. The number of aryl methyl sites for hydroxylation is 1. The van der Waals surface area contributed by atoms with Gasteiger partial charge >= 0.3 is 0 Å². The molecule has 5 nitrogen and oxygen atoms in total. The third kappa shape index (κ3) is 4.89. The molecule has 0 atom stereocenters. The van der Waals surface area contributed by atoms with E-state index >= 15 is 0 Å². The molecule has 0 aliphatic carbocycles. The minimum Gasteiger partial charge on any atom is -0.493 e. The minimum absolute atomic E-state index is 0.169. The first-order chi connectivity index (χ1) is 12.1. The van der Waals surface area contributed by atoms with Gasteiger partial charge in [-0.25, -0.2) is 0 Å². The number of carbonyl (C=O) groups is 1. The van der Waals surface area contributed by atoms with E-state index in [9.17, 15) is 4.79 Å². The van der Waals surface area contributed by atoms with Crippen molar-refractivity contribution in [3.05, 3.63) is 47.5 Å². The van der Waals surface area contributed by atoms with Crippen molar-refractivity contribution in [1.29, 1.82) is 0 Å². The molecular weight excluding hydrogens is 320 g/mol. The van der Waals surface area contributed by atoms with Crippen molar-refractivity contribution in [3.8, 4) is 23.0 Å². The van der Waals surface area contributed by atoms with Gasteiger partial charge in [0.2, 0.25) is 0 Å². The second-order valence-electron chi connectivity index (χ2n) is 5.59. The molecule has 0 N–H and O–H groups in total. The average Bonchev–Trinajstić information content (AvgIpc) is 2.65. The fourth-order valence-electron chi connectivity index (χ4n) is 2.63. The van der Waals surface area contributed by atoms with Crippen molar-refractivity contribution < 1.29 is 23.7 Å². The third-order valence-corrected chi connectivity index (χ3v) is 3.99. The summed E-state index contributed by atoms with van der Waals surface area (Å²) in [5, 5.41) is 0. The first-order valence-electron chi connectivity index (χ1n) is 8.04. The van der Waals surface area contributed by atoms with Crippen LogP contribution in [-0.2, 0) is 17.6 Å². The van der Waals surface area contributed by atoms with Gasteiger partial charge in [0.15, 0.2) is 23.0 Å². The summed E-state index contributed by atoms with van der Waals surface area (Å²) in [5.41, 5.74) is 1.95. The third-order valence-electron chi connectivity index (χ3n) is 3.99. The summed E-state index contributed by atoms with van der Waals surface area (Å²) in [5.74, 6) is 2.81. The molecule has 0 bridgehead atoms. The largest absolute Gasteiger partial charge is 0.493 e. The van der Waals surface area contributed by atoms with Crippen LogP contribution in [0.1, 0.15) is 17.5 Å². The number of ketones is 1. The molecule has 134 valence electrons. The normalized spacial score (nSPS) is 10.2. The monoisotopic (exact) mass is 344 g/mol. The quantitative estimate of drug-likeness (QED) is 0.697. The molecule has 0 spiro atoms. The zero-order valence-electron chi connectivity index (χ0n) is 15.1. The fraction of sp³-hybridized carbons (Fsp3) is 0.350. The Morgan fingerprint density at radius 3 is 1.72 bits per heavy atom. The number of hydrogen-bond acceptors (Lipinski definition) is 5. The van der Waals surface area contributed by atoms with E-state index < -0.39 is 0 Å². The Labute approximate surface area is 148 Å². The Morgan fingerprint density at radius 1 is 0.720 bits per heavy atom. The molecule has 5 heteroatoms. The van der Waals surface area contributed by atoms with Crippen LogP contribution in [-0.4, -0.2) is 34.2 Å². The van der Waals surface area contributed by atoms with Crippen LogP contribution < -0.4 is 18.9 Å². The van der Waals surface area contributed by atoms with Gasteiger partial charge in [0, 0.05) is 12.8 Å². The van der Waals surface area contributed by atoms with Crippen molar-refractivity contribution in [2.45, 2.75) is 19.3 Å². The lowest BCUT2D eigenvalue weighted by Crippen LogP contribution is -2.05. The van der Waals surface area contributed by atoms with Gasteiger partial charge in [-0.1, -0.05) is 12.1 Å². The summed E-state index contributed by atoms with van der Waals surface area (Å²) in [7, 11) is 6.38. The van der Waals surface area contributed by atoms with E-state index in [-0.39, 0.29) is 5.78 Å². The van der Waals surface area contributed by atoms with E-state index in [1.807, 2.05) is 36.4 Å². The van der Waals surface area contributed by atoms with Gasteiger partial charge in [-0.05, 0) is 41.8 Å². The van der Waals surface area contributed by atoms with E-state index in [1.54, 1.807) is 28.4 Å². The predicted molar refractivity (Wildman–Crippen MR) is 96.1 cm³/mol. The second-order valence-corrected chi connectivity index (χ2v) is 5.59. The molecule has 2 rings (SSSR count). The Hall–Kier alpha value is -2.69. The first-order valence-corrected chi connectivity index (χ1v) is 8.04. The lowest BCUT2D eigenvalue weighted by molar-refractivity contribution is -0.118. The van der Waals surface area contributed by atoms with Gasteiger partial charge in [0.1, 0.15) is 5.78 Å². The van der Waals surface area contributed by atoms with Gasteiger partial charge in [-0.3, -0.25) is 4.79 Å². The molecule has 0 amide bonds. The van der Waals surface area contributed by atoms with Crippen LogP contribution in [0.2, 0.25) is 0 Å². The summed E-state index contributed by atoms with van der Waals surface area (Å²) in [6.07, 6.45) is 1.49. The lowest BCUT2D eigenvalue weighted by Gasteiger charge is -2.10. The highest BCUT2D eigenvalue weighted by Crippen LogP contribution is 2.29. The Morgan fingerprint density at radius 2 is 1.20 bits per heavy atom. The van der Waals surface area contributed by atoms with E-state index in [2.05, 4.69) is 0 Å². The van der Waals surface area contributed by atoms with Gasteiger partial charge in [0.05, 0.1) is 28.4 Å². The zero-order chi connectivity index (χ0) is 18.2. The Balaban J connectivity index is 1.97. The molecule has 0 unspecified atom stereocenters. The highest BCUT2D eigenvalue weighted by Gasteiger charge is 2.10. The summed E-state index contributed by atoms with van der Waals surface area (Å²) in [6.45, 7) is 0. The Kier molecular flexibility index (Phi) is 6.69. The first kappa shape index (κ1) is 18.6. The van der Waals surface area contributed by atoms with Gasteiger partial charge < -0.3 is 18.9 Å². The summed E-state index contributed by atoms with van der Waals surface area (Å²) in [4.78, 5) is 12.3. The summed E-state index contributed by atoms with van der Waals surface area (Å²) >= 11 is 0. The second kappa shape index (κ2) is 8.97. The van der Waals surface area contributed by atoms with Crippen molar-refractivity contribution in [3.63, 3.8) is 0 Å². The predicted octanol–water partition coefficient (Wildman–Crippen LogP) is 3.47. The molecule has 0 aliphatic rings. The minimum atomic E-state index is 0.169. The van der Waals surface area contributed by atoms with E-state index in [4.69, 9.17) is 18.9 Å². The van der Waals surface area contributed by atoms with Crippen molar-refractivity contribution in [1.82, 2.24) is 0 Å². The van der Waals surface area contributed by atoms with Gasteiger partial charge in [0.25, 0.3) is 0 Å². The molecule has 0 saturated heterocycles. The number of methoxy groups -OCH3 is 4. The van der Waals surface area contributed by atoms with Crippen LogP contribution in [0.15, 0.2) is 36.4 Å². The van der Waals surface area contributed by atoms with Crippen LogP contribution in [0, 0.1) is 0 Å². The molecule has 0 radical (unpaired) electrons. The molecule has 0 saturated carbocycles. The maximum absolute atomic E-state index is 12.3. The standard InChI is InChI=1S/C20H24O5/c1-22-17-9-6-14(12-19(17)24-3)5-8-16(21)11-15-7-10-18(23-2)20(13-15)25-4/h6-7,9-10,12-13H,5,8,11H2,1-4H3. The topological polar surface area (TPSA) is 54.0 Å². The lowest BCUT2D eigenvalue weighted by atomic mass is 10.0. The number of ether oxygens (including phenoxy) is 4. The average molecular weight is 344 g/mol. The molecule has 0 heterocycles. The van der Waals surface area contributed by atoms with E-state index in [1.165, 1.54) is 0 Å². The molecular formula is C20H24O5. The zero-order valence-corrected chi connectivity index (χ0v) is 15.1. The SMILES string of the molecule is COc1ccc(CCC(=O)Cc2ccc(OC)c(OC)c2)cc1OC. The molecule has 2 aromatic rings. The molecule has 25 heavy (non-hydrogen) atoms. The molecule has 2 aromatic carbocycles. The number of hydrogen-bond donors (Lipinski definition) is 0. The smallest absolute Gasteiger partial charge is 0.161 e. The van der Waals surface area contributed by atoms with Crippen LogP contribution in [0.3, 0.4) is 0 Å². The number of carbonyl (C=O) groups excluding carboxylic acids is 1. The summed E-state index contributed by atoms with van der Waals surface area (Å²) in [6, 6.07) is 11.2. The molecule has 0 aromatic heterocycles. The van der Waals surface area contributed by atoms with Crippen LogP contribution >= 0.6 is 0 Å². The van der Waals surface area contributed by atoms with E-state index in [0.29, 0.717) is 42.3 Å². The van der Waals surface area contributed by atoms with Crippen molar-refractivity contribution in [2.75, 3.05) is 28.4 Å². The van der Waals surface area contributed by atoms with Gasteiger partial charge in [-0.15, -0.1) is 0 Å². The molecule has 0 aliphatic heterocycles. The van der Waals surface area contributed by atoms with E-state index in [0.717, 1.165) is 11.1 Å². The van der Waals surface area contributed by atoms with Crippen molar-refractivity contribution in [2.24, 2.45) is 0 Å². The van der Waals surface area contributed by atoms with Crippen LogP contribution in [0.25, 0.3) is 0 Å². The van der Waals surface area contributed by atoms with Crippen LogP contribution in [0.5, 0.6) is 23.0 Å². The number of benzene rings is 2. The number of Topliss-reactive ketones (excluding diaryl/α,β-unsaturated/α-hetero) is 1. The van der Waals surface area contributed by atoms with Crippen molar-refractivity contribution >= 4 is 5.78 Å². The Bertz CT molecular complexity index is 724. The summed E-state index contributed by atoms with van der Waals surface area (Å²) < 4.78 is 21.0. The number of rotatable bonds is 9. The van der Waals surface area contributed by atoms with Gasteiger partial charge in [-0.2, -0.15) is 0 Å². The maximum atomic E-state index is 12.3. The highest BCUT2D eigenvalue weighted by molar-refractivity contribution is 5.81.